The van der Waals surface area contributed by atoms with E-state index in [0.717, 1.165) is 16.0 Å². The second kappa shape index (κ2) is 12.2. The number of hydrogen-bond acceptors (Lipinski definition) is 7. The van der Waals surface area contributed by atoms with Gasteiger partial charge < -0.3 is 14.8 Å². The van der Waals surface area contributed by atoms with Gasteiger partial charge in [-0.3, -0.25) is 20.4 Å². The van der Waals surface area contributed by atoms with E-state index in [4.69, 9.17) is 9.47 Å². The molecule has 4 rings (SSSR count). The van der Waals surface area contributed by atoms with Gasteiger partial charge in [0.2, 0.25) is 0 Å². The van der Waals surface area contributed by atoms with Crippen LogP contribution in [0.25, 0.3) is 10.4 Å². The summed E-state index contributed by atoms with van der Waals surface area (Å²) in [6, 6.07) is 19.2. The first-order valence-electron chi connectivity index (χ1n) is 12.1. The number of benzene rings is 2. The molecule has 4 aromatic rings. The summed E-state index contributed by atoms with van der Waals surface area (Å²) >= 11 is 1.56. The van der Waals surface area contributed by atoms with Crippen molar-refractivity contribution in [2.45, 2.75) is 33.0 Å². The van der Waals surface area contributed by atoms with Crippen molar-refractivity contribution in [1.29, 1.82) is 0 Å². The third-order valence-corrected chi connectivity index (χ3v) is 6.11. The van der Waals surface area contributed by atoms with Gasteiger partial charge >= 0.3 is 12.2 Å². The molecule has 200 valence electrons. The van der Waals surface area contributed by atoms with Crippen molar-refractivity contribution in [3.63, 3.8) is 0 Å². The first-order valence-corrected chi connectivity index (χ1v) is 13.0. The number of carbonyl (C=O) groups is 3. The number of thiophene rings is 1. The lowest BCUT2D eigenvalue weighted by Gasteiger charge is -2.21. The molecule has 0 saturated heterocycles. The Morgan fingerprint density at radius 1 is 0.872 bits per heavy atom. The van der Waals surface area contributed by atoms with Gasteiger partial charge in [0.05, 0.1) is 11.4 Å². The molecule has 0 fully saturated rings. The molecule has 0 atom stereocenters. The molecule has 3 amide bonds. The van der Waals surface area contributed by atoms with Crippen molar-refractivity contribution in [2.24, 2.45) is 0 Å². The maximum absolute atomic E-state index is 13.1. The van der Waals surface area contributed by atoms with Gasteiger partial charge in [0.15, 0.2) is 0 Å². The lowest BCUT2D eigenvalue weighted by Crippen LogP contribution is -2.27. The molecule has 0 bridgehead atoms. The zero-order valence-electron chi connectivity index (χ0n) is 21.7. The zero-order valence-corrected chi connectivity index (χ0v) is 22.5. The summed E-state index contributed by atoms with van der Waals surface area (Å²) in [7, 11) is 0. The zero-order chi connectivity index (χ0) is 27.8. The van der Waals surface area contributed by atoms with Crippen LogP contribution in [0, 0.1) is 0 Å². The van der Waals surface area contributed by atoms with Gasteiger partial charge in [0, 0.05) is 34.1 Å². The fourth-order valence-electron chi connectivity index (χ4n) is 3.45. The first kappa shape index (κ1) is 27.3. The summed E-state index contributed by atoms with van der Waals surface area (Å²) in [5.41, 5.74) is 2.61. The van der Waals surface area contributed by atoms with Crippen LogP contribution in [0.1, 0.15) is 36.7 Å². The predicted molar refractivity (Wildman–Crippen MR) is 152 cm³/mol. The highest BCUT2D eigenvalue weighted by molar-refractivity contribution is 7.13. The monoisotopic (exact) mass is 544 g/mol. The summed E-state index contributed by atoms with van der Waals surface area (Å²) in [6.45, 7) is 5.40. The molecule has 0 aliphatic rings. The van der Waals surface area contributed by atoms with E-state index in [2.05, 4.69) is 20.9 Å². The van der Waals surface area contributed by atoms with Crippen molar-refractivity contribution in [3.05, 3.63) is 95.6 Å². The number of nitrogens with zero attached hydrogens (tertiary/aromatic N) is 1. The van der Waals surface area contributed by atoms with Gasteiger partial charge in [0.1, 0.15) is 12.2 Å². The number of carbonyl (C=O) groups excluding carboxylic acids is 3. The molecular formula is C29H28N4O5S. The normalized spacial score (nSPS) is 10.8. The van der Waals surface area contributed by atoms with Crippen molar-refractivity contribution < 1.29 is 23.9 Å². The molecule has 0 spiro atoms. The Balaban J connectivity index is 1.44. The van der Waals surface area contributed by atoms with E-state index < -0.39 is 23.7 Å². The summed E-state index contributed by atoms with van der Waals surface area (Å²) in [6.07, 6.45) is 2.00. The number of anilines is 3. The molecule has 9 nitrogen and oxygen atoms in total. The summed E-state index contributed by atoms with van der Waals surface area (Å²) < 4.78 is 10.6. The Morgan fingerprint density at radius 2 is 1.67 bits per heavy atom. The Bertz CT molecular complexity index is 1430. The molecule has 0 aliphatic carbocycles. The lowest BCUT2D eigenvalue weighted by atomic mass is 10.1. The summed E-state index contributed by atoms with van der Waals surface area (Å²) in [5, 5.41) is 10.2. The smallest absolute Gasteiger partial charge is 0.412 e. The fourth-order valence-corrected chi connectivity index (χ4v) is 4.18. The minimum atomic E-state index is -0.675. The van der Waals surface area contributed by atoms with Crippen molar-refractivity contribution in [3.8, 4) is 10.4 Å². The summed E-state index contributed by atoms with van der Waals surface area (Å²) in [4.78, 5) is 42.6. The average Bonchev–Trinajstić information content (AvgIpc) is 3.43. The number of ether oxygens (including phenoxy) is 2. The van der Waals surface area contributed by atoms with E-state index >= 15 is 0 Å². The van der Waals surface area contributed by atoms with Gasteiger partial charge in [-0.05, 0) is 80.2 Å². The minimum Gasteiger partial charge on any atom is -0.444 e. The molecule has 2 aromatic carbocycles. The van der Waals surface area contributed by atoms with Crippen LogP contribution in [-0.2, 0) is 16.1 Å². The van der Waals surface area contributed by atoms with Gasteiger partial charge in [-0.25, -0.2) is 9.59 Å². The van der Waals surface area contributed by atoms with E-state index in [1.165, 1.54) is 0 Å². The van der Waals surface area contributed by atoms with Crippen LogP contribution in [0.15, 0.2) is 84.5 Å². The highest BCUT2D eigenvalue weighted by Crippen LogP contribution is 2.32. The molecule has 2 heterocycles. The Kier molecular flexibility index (Phi) is 8.57. The molecule has 0 aliphatic heterocycles. The molecule has 39 heavy (non-hydrogen) atoms. The van der Waals surface area contributed by atoms with Crippen molar-refractivity contribution in [2.75, 3.05) is 16.0 Å². The second-order valence-corrected chi connectivity index (χ2v) is 10.4. The van der Waals surface area contributed by atoms with Crippen LogP contribution < -0.4 is 16.0 Å². The van der Waals surface area contributed by atoms with Crippen LogP contribution in [0.2, 0.25) is 0 Å². The third-order valence-electron chi connectivity index (χ3n) is 5.20. The van der Waals surface area contributed by atoms with Gasteiger partial charge in [-0.15, -0.1) is 11.3 Å². The number of hydrogen-bond donors (Lipinski definition) is 3. The highest BCUT2D eigenvalue weighted by Gasteiger charge is 2.19. The standard InChI is InChI=1S/C29H28N4O5S/c1-29(2,3)38-28(36)33-23-13-10-21(25-7-5-15-39-25)16-24(23)32-26(34)20-8-11-22(12-9-20)31-27(35)37-18-19-6-4-14-30-17-19/h4-17H,18H2,1-3H3,(H,31,35)(H,32,34)(H,33,36). The lowest BCUT2D eigenvalue weighted by molar-refractivity contribution is 0.0635. The van der Waals surface area contributed by atoms with E-state index in [-0.39, 0.29) is 6.61 Å². The Hall–Kier alpha value is -4.70. The van der Waals surface area contributed by atoms with Crippen LogP contribution in [-0.4, -0.2) is 28.7 Å². The number of amides is 3. The van der Waals surface area contributed by atoms with Crippen molar-refractivity contribution >= 4 is 46.5 Å². The number of nitrogens with one attached hydrogen (secondary N) is 3. The molecular weight excluding hydrogens is 516 g/mol. The second-order valence-electron chi connectivity index (χ2n) is 9.46. The van der Waals surface area contributed by atoms with Crippen LogP contribution >= 0.6 is 11.3 Å². The Morgan fingerprint density at radius 3 is 2.33 bits per heavy atom. The van der Waals surface area contributed by atoms with Gasteiger partial charge in [-0.2, -0.15) is 0 Å². The molecule has 0 saturated carbocycles. The quantitative estimate of drug-likeness (QED) is 0.227. The minimum absolute atomic E-state index is 0.0877. The van der Waals surface area contributed by atoms with E-state index in [1.54, 1.807) is 93.0 Å². The maximum Gasteiger partial charge on any atom is 0.412 e. The number of pyridine rings is 1. The molecule has 2 aromatic heterocycles. The predicted octanol–water partition coefficient (Wildman–Crippen LogP) is 7.16. The maximum atomic E-state index is 13.1. The van der Waals surface area contributed by atoms with Crippen LogP contribution in [0.4, 0.5) is 26.7 Å². The molecule has 3 N–H and O–H groups in total. The van der Waals surface area contributed by atoms with E-state index in [0.29, 0.717) is 22.6 Å². The molecule has 0 unspecified atom stereocenters. The Labute approximate surface area is 230 Å². The van der Waals surface area contributed by atoms with Crippen LogP contribution in [0.5, 0.6) is 0 Å². The number of rotatable bonds is 7. The first-order chi connectivity index (χ1) is 18.7. The molecule has 0 radical (unpaired) electrons. The van der Waals surface area contributed by atoms with E-state index in [9.17, 15) is 14.4 Å². The SMILES string of the molecule is CC(C)(C)OC(=O)Nc1ccc(-c2cccs2)cc1NC(=O)c1ccc(NC(=O)OCc2cccnc2)cc1. The highest BCUT2D eigenvalue weighted by atomic mass is 32.1. The fraction of sp³-hybridized carbons (Fsp3) is 0.172. The number of aromatic nitrogens is 1. The topological polar surface area (TPSA) is 119 Å². The third kappa shape index (κ3) is 8.14. The van der Waals surface area contributed by atoms with Crippen LogP contribution in [0.3, 0.4) is 0 Å². The van der Waals surface area contributed by atoms with Gasteiger partial charge in [-0.1, -0.05) is 18.2 Å². The van der Waals surface area contributed by atoms with Gasteiger partial charge in [0.25, 0.3) is 5.91 Å². The average molecular weight is 545 g/mol. The summed E-state index contributed by atoms with van der Waals surface area (Å²) in [5.74, 6) is -0.392. The molecule has 10 heteroatoms. The van der Waals surface area contributed by atoms with E-state index in [1.807, 2.05) is 23.6 Å². The van der Waals surface area contributed by atoms with Crippen molar-refractivity contribution in [1.82, 2.24) is 4.98 Å². The largest absolute Gasteiger partial charge is 0.444 e.